The largest absolute Gasteiger partial charge is 0.465 e. The van der Waals surface area contributed by atoms with Gasteiger partial charge >= 0.3 is 6.09 Å². The Hall–Kier alpha value is -3.87. The van der Waals surface area contributed by atoms with Gasteiger partial charge in [0.2, 0.25) is 15.9 Å². The molecule has 5 atom stereocenters. The first-order valence-electron chi connectivity index (χ1n) is 15.8. The highest BCUT2D eigenvalue weighted by atomic mass is 32.2. The van der Waals surface area contributed by atoms with Gasteiger partial charge in [-0.25, -0.2) is 22.0 Å². The standard InChI is InChI=1S/C34H38F2N4O5S/c35-25-13-11-22(12-14-25)31(24-10-9-21-4-1-5-23(21)18-24)32(39-34(42)43)33(41)38-30-8-2-7-29(36)28(30)16-15-27-19-37-26-6-3-17-46(44,45)40(27)20-26/h2,7-14,18,26-27,31-32,37,39H,1,3-6,15-17,19-20H2,(H,38,41)(H,42,43). The van der Waals surface area contributed by atoms with Crippen LogP contribution in [0.2, 0.25) is 0 Å². The summed E-state index contributed by atoms with van der Waals surface area (Å²) in [5.41, 5.74) is 3.94. The van der Waals surface area contributed by atoms with Crippen molar-refractivity contribution in [3.63, 3.8) is 0 Å². The molecule has 2 fully saturated rings. The molecule has 4 N–H and O–H groups in total. The zero-order valence-corrected chi connectivity index (χ0v) is 26.2. The fraction of sp³-hybridized carbons (Fsp3) is 0.412. The third kappa shape index (κ3) is 6.93. The maximum atomic E-state index is 15.3. The number of amides is 2. The lowest BCUT2D eigenvalue weighted by atomic mass is 9.83. The van der Waals surface area contributed by atoms with Crippen molar-refractivity contribution < 1.29 is 31.9 Å². The lowest BCUT2D eigenvalue weighted by molar-refractivity contribution is -0.118. The second kappa shape index (κ2) is 13.5. The molecule has 3 aromatic carbocycles. The number of carbonyl (C=O) groups is 2. The fourth-order valence-corrected chi connectivity index (χ4v) is 8.97. The zero-order valence-electron chi connectivity index (χ0n) is 25.3. The second-order valence-electron chi connectivity index (χ2n) is 12.4. The molecule has 6 rings (SSSR count). The van der Waals surface area contributed by atoms with Crippen molar-refractivity contribution >= 4 is 27.7 Å². The van der Waals surface area contributed by atoms with E-state index in [1.165, 1.54) is 46.3 Å². The van der Waals surface area contributed by atoms with Gasteiger partial charge in [-0.2, -0.15) is 4.31 Å². The van der Waals surface area contributed by atoms with Gasteiger partial charge in [-0.05, 0) is 91.5 Å². The average Bonchev–Trinajstić information content (AvgIpc) is 3.45. The van der Waals surface area contributed by atoms with Crippen LogP contribution in [0.5, 0.6) is 0 Å². The highest BCUT2D eigenvalue weighted by Crippen LogP contribution is 2.34. The number of anilines is 1. The first-order valence-corrected chi connectivity index (χ1v) is 17.4. The van der Waals surface area contributed by atoms with Crippen molar-refractivity contribution in [2.24, 2.45) is 0 Å². The number of carbonyl (C=O) groups excluding carboxylic acids is 1. The third-order valence-electron chi connectivity index (χ3n) is 9.47. The number of hydrogen-bond acceptors (Lipinski definition) is 5. The summed E-state index contributed by atoms with van der Waals surface area (Å²) in [5.74, 6) is -2.46. The van der Waals surface area contributed by atoms with Crippen LogP contribution < -0.4 is 16.0 Å². The Labute approximate surface area is 267 Å². The van der Waals surface area contributed by atoms with E-state index in [-0.39, 0.29) is 35.5 Å². The fourth-order valence-electron chi connectivity index (χ4n) is 7.16. The molecular formula is C34H38F2N4O5S. The van der Waals surface area contributed by atoms with E-state index in [1.807, 2.05) is 18.2 Å². The molecule has 0 saturated carbocycles. The van der Waals surface area contributed by atoms with E-state index in [9.17, 15) is 27.5 Å². The second-order valence-corrected chi connectivity index (χ2v) is 14.5. The Bertz CT molecular complexity index is 1720. The molecule has 2 amide bonds. The van der Waals surface area contributed by atoms with Crippen LogP contribution in [0, 0.1) is 11.6 Å². The number of hydrogen-bond donors (Lipinski definition) is 4. The predicted octanol–water partition coefficient (Wildman–Crippen LogP) is 4.56. The summed E-state index contributed by atoms with van der Waals surface area (Å²) >= 11 is 0. The number of nitrogens with zero attached hydrogens (tertiary/aromatic N) is 1. The van der Waals surface area contributed by atoms with Crippen LogP contribution in [-0.4, -0.2) is 66.8 Å². The van der Waals surface area contributed by atoms with Gasteiger partial charge in [0.15, 0.2) is 0 Å². The van der Waals surface area contributed by atoms with Crippen molar-refractivity contribution in [3.8, 4) is 0 Å². The number of aryl methyl sites for hydroxylation is 2. The normalized spacial score (nSPS) is 23.0. The number of carboxylic acid groups (broad SMARTS) is 1. The van der Waals surface area contributed by atoms with Crippen LogP contribution in [0.15, 0.2) is 60.7 Å². The molecule has 9 nitrogen and oxygen atoms in total. The number of sulfonamides is 1. The molecule has 46 heavy (non-hydrogen) atoms. The maximum absolute atomic E-state index is 15.3. The number of halogens is 2. The smallest absolute Gasteiger partial charge is 0.405 e. The lowest BCUT2D eigenvalue weighted by Gasteiger charge is -2.37. The van der Waals surface area contributed by atoms with Crippen LogP contribution in [0.4, 0.5) is 19.3 Å². The highest BCUT2D eigenvalue weighted by molar-refractivity contribution is 7.89. The molecule has 12 heteroatoms. The van der Waals surface area contributed by atoms with Gasteiger partial charge in [-0.1, -0.05) is 36.4 Å². The van der Waals surface area contributed by atoms with Crippen molar-refractivity contribution in [2.45, 2.75) is 69.0 Å². The molecule has 0 aromatic heterocycles. The van der Waals surface area contributed by atoms with Gasteiger partial charge in [0, 0.05) is 42.3 Å². The van der Waals surface area contributed by atoms with Gasteiger partial charge in [0.1, 0.15) is 17.7 Å². The van der Waals surface area contributed by atoms with Gasteiger partial charge < -0.3 is 21.1 Å². The highest BCUT2D eigenvalue weighted by Gasteiger charge is 2.38. The van der Waals surface area contributed by atoms with Gasteiger partial charge in [-0.15, -0.1) is 0 Å². The molecule has 0 radical (unpaired) electrons. The summed E-state index contributed by atoms with van der Waals surface area (Å²) in [6, 6.07) is 14.1. The maximum Gasteiger partial charge on any atom is 0.405 e. The molecule has 5 unspecified atom stereocenters. The van der Waals surface area contributed by atoms with Gasteiger partial charge in [0.25, 0.3) is 0 Å². The number of piperazine rings is 1. The quantitative estimate of drug-likeness (QED) is 0.269. The van der Waals surface area contributed by atoms with Crippen LogP contribution in [0.1, 0.15) is 59.4 Å². The molecule has 2 saturated heterocycles. The summed E-state index contributed by atoms with van der Waals surface area (Å²) in [5, 5.41) is 18.4. The summed E-state index contributed by atoms with van der Waals surface area (Å²) in [6.45, 7) is 0.828. The van der Waals surface area contributed by atoms with Crippen molar-refractivity contribution in [1.82, 2.24) is 14.9 Å². The minimum atomic E-state index is -3.43. The van der Waals surface area contributed by atoms with Crippen molar-refractivity contribution in [2.75, 3.05) is 24.2 Å². The van der Waals surface area contributed by atoms with E-state index in [0.717, 1.165) is 31.2 Å². The number of rotatable bonds is 9. The number of benzene rings is 3. The van der Waals surface area contributed by atoms with E-state index >= 15 is 4.39 Å². The first-order chi connectivity index (χ1) is 22.1. The van der Waals surface area contributed by atoms with Crippen molar-refractivity contribution in [1.29, 1.82) is 0 Å². The minimum absolute atomic E-state index is 0.0834. The Kier molecular flexibility index (Phi) is 9.39. The first kappa shape index (κ1) is 32.1. The topological polar surface area (TPSA) is 128 Å². The Morgan fingerprint density at radius 3 is 2.54 bits per heavy atom. The predicted molar refractivity (Wildman–Crippen MR) is 170 cm³/mol. The molecule has 3 aliphatic rings. The van der Waals surface area contributed by atoms with E-state index < -0.39 is 45.6 Å². The molecule has 0 spiro atoms. The number of nitrogens with one attached hydrogen (secondary N) is 3. The Balaban J connectivity index is 1.29. The monoisotopic (exact) mass is 652 g/mol. The summed E-state index contributed by atoms with van der Waals surface area (Å²) in [6.07, 6.45) is 3.23. The minimum Gasteiger partial charge on any atom is -0.465 e. The lowest BCUT2D eigenvalue weighted by Crippen LogP contribution is -2.57. The van der Waals surface area contributed by atoms with E-state index in [1.54, 1.807) is 6.07 Å². The molecule has 2 bridgehead atoms. The van der Waals surface area contributed by atoms with Crippen molar-refractivity contribution in [3.05, 3.63) is 100 Å². The Morgan fingerprint density at radius 2 is 1.76 bits per heavy atom. The molecule has 3 aromatic rings. The third-order valence-corrected chi connectivity index (χ3v) is 11.4. The summed E-state index contributed by atoms with van der Waals surface area (Å²) < 4.78 is 56.7. The van der Waals surface area contributed by atoms with E-state index in [0.29, 0.717) is 37.1 Å². The average molecular weight is 653 g/mol. The summed E-state index contributed by atoms with van der Waals surface area (Å²) in [4.78, 5) is 26.1. The number of fused-ring (bicyclic) bond motifs is 3. The van der Waals surface area contributed by atoms with Crippen LogP contribution in [0.25, 0.3) is 0 Å². The molecule has 2 aliphatic heterocycles. The van der Waals surface area contributed by atoms with Gasteiger partial charge in [-0.3, -0.25) is 4.79 Å². The molecule has 1 aliphatic carbocycles. The van der Waals surface area contributed by atoms with Crippen LogP contribution >= 0.6 is 0 Å². The molecular weight excluding hydrogens is 614 g/mol. The van der Waals surface area contributed by atoms with Crippen LogP contribution in [0.3, 0.4) is 0 Å². The molecule has 2 heterocycles. The van der Waals surface area contributed by atoms with Crippen LogP contribution in [-0.2, 0) is 34.1 Å². The SMILES string of the molecule is O=C(O)NC(C(=O)Nc1cccc(F)c1CCC1CNC2CCCS(=O)(=O)N1C2)C(c1ccc(F)cc1)c1ccc2c(c1)CCC2. The molecule has 244 valence electrons. The van der Waals surface area contributed by atoms with Gasteiger partial charge in [0.05, 0.1) is 5.75 Å². The summed E-state index contributed by atoms with van der Waals surface area (Å²) in [7, 11) is -3.43. The zero-order chi connectivity index (χ0) is 32.4. The van der Waals surface area contributed by atoms with E-state index in [4.69, 9.17) is 0 Å². The Morgan fingerprint density at radius 1 is 1.00 bits per heavy atom. The van der Waals surface area contributed by atoms with E-state index in [2.05, 4.69) is 16.0 Å².